The van der Waals surface area contributed by atoms with E-state index in [1.54, 1.807) is 0 Å². The van der Waals surface area contributed by atoms with Gasteiger partial charge >= 0.3 is 0 Å². The van der Waals surface area contributed by atoms with Crippen molar-refractivity contribution in [3.63, 3.8) is 0 Å². The van der Waals surface area contributed by atoms with Crippen molar-refractivity contribution in [2.24, 2.45) is 0 Å². The second-order valence-electron chi connectivity index (χ2n) is 5.51. The number of carbonyl (C=O) groups excluding carboxylic acids is 1. The Kier molecular flexibility index (Phi) is 5.62. The first-order chi connectivity index (χ1) is 10.2. The molecule has 0 bridgehead atoms. The number of piperidine rings is 1. The van der Waals surface area contributed by atoms with Crippen LogP contribution in [0.1, 0.15) is 37.0 Å². The third-order valence-corrected chi connectivity index (χ3v) is 4.16. The fourth-order valence-corrected chi connectivity index (χ4v) is 2.68. The number of anilines is 1. The van der Waals surface area contributed by atoms with E-state index in [1.165, 1.54) is 0 Å². The van der Waals surface area contributed by atoms with Crippen molar-refractivity contribution in [3.05, 3.63) is 29.8 Å². The first kappa shape index (κ1) is 15.8. The van der Waals surface area contributed by atoms with E-state index >= 15 is 0 Å². The van der Waals surface area contributed by atoms with Crippen molar-refractivity contribution in [2.75, 3.05) is 38.2 Å². The zero-order valence-electron chi connectivity index (χ0n) is 13.3. The van der Waals surface area contributed by atoms with Gasteiger partial charge in [-0.15, -0.1) is 0 Å². The summed E-state index contributed by atoms with van der Waals surface area (Å²) in [6.07, 6.45) is 2.20. The minimum atomic E-state index is 0.135. The minimum Gasteiger partial charge on any atom is -0.378 e. The van der Waals surface area contributed by atoms with Gasteiger partial charge in [0.15, 0.2) is 0 Å². The van der Waals surface area contributed by atoms with E-state index in [4.69, 9.17) is 4.74 Å². The Morgan fingerprint density at radius 1 is 1.24 bits per heavy atom. The van der Waals surface area contributed by atoms with E-state index in [9.17, 15) is 4.79 Å². The van der Waals surface area contributed by atoms with E-state index in [-0.39, 0.29) is 5.91 Å². The van der Waals surface area contributed by atoms with E-state index in [0.717, 1.165) is 50.3 Å². The van der Waals surface area contributed by atoms with Crippen molar-refractivity contribution >= 4 is 11.6 Å². The summed E-state index contributed by atoms with van der Waals surface area (Å²) in [4.78, 5) is 16.6. The smallest absolute Gasteiger partial charge is 0.253 e. The van der Waals surface area contributed by atoms with Gasteiger partial charge in [0.25, 0.3) is 5.91 Å². The zero-order chi connectivity index (χ0) is 15.2. The van der Waals surface area contributed by atoms with Gasteiger partial charge in [-0.05, 0) is 51.0 Å². The highest BCUT2D eigenvalue weighted by Gasteiger charge is 2.23. The maximum atomic E-state index is 12.5. The average molecular weight is 290 g/mol. The number of rotatable bonds is 5. The Balaban J connectivity index is 1.94. The molecule has 116 valence electrons. The molecule has 0 unspecified atom stereocenters. The summed E-state index contributed by atoms with van der Waals surface area (Å²) in [5.74, 6) is 0.135. The fraction of sp³-hybridized carbons (Fsp3) is 0.588. The van der Waals surface area contributed by atoms with Crippen LogP contribution in [0.3, 0.4) is 0 Å². The van der Waals surface area contributed by atoms with Crippen molar-refractivity contribution in [1.29, 1.82) is 0 Å². The van der Waals surface area contributed by atoms with Gasteiger partial charge in [0, 0.05) is 44.5 Å². The van der Waals surface area contributed by atoms with Gasteiger partial charge in [-0.1, -0.05) is 0 Å². The molecule has 4 nitrogen and oxygen atoms in total. The van der Waals surface area contributed by atoms with Crippen LogP contribution in [0.2, 0.25) is 0 Å². The Bertz CT molecular complexity index is 450. The van der Waals surface area contributed by atoms with Crippen molar-refractivity contribution < 1.29 is 9.53 Å². The molecule has 0 atom stereocenters. The molecule has 0 N–H and O–H groups in total. The number of hydrogen-bond donors (Lipinski definition) is 0. The van der Waals surface area contributed by atoms with Crippen molar-refractivity contribution in [1.82, 2.24) is 4.90 Å². The van der Waals surface area contributed by atoms with Crippen LogP contribution in [0.4, 0.5) is 5.69 Å². The van der Waals surface area contributed by atoms with Gasteiger partial charge in [0.05, 0.1) is 6.10 Å². The molecule has 1 aliphatic rings. The Labute approximate surface area is 127 Å². The summed E-state index contributed by atoms with van der Waals surface area (Å²) >= 11 is 0. The molecule has 1 saturated heterocycles. The predicted octanol–water partition coefficient (Wildman–Crippen LogP) is 2.78. The maximum absolute atomic E-state index is 12.5. The normalized spacial score (nSPS) is 16.0. The lowest BCUT2D eigenvalue weighted by molar-refractivity contribution is 0.0146. The lowest BCUT2D eigenvalue weighted by Gasteiger charge is -2.32. The molecule has 1 aliphatic heterocycles. The van der Waals surface area contributed by atoms with Gasteiger partial charge in [0.2, 0.25) is 0 Å². The van der Waals surface area contributed by atoms with Crippen LogP contribution < -0.4 is 4.90 Å². The Morgan fingerprint density at radius 3 is 2.38 bits per heavy atom. The first-order valence-corrected chi connectivity index (χ1v) is 7.87. The van der Waals surface area contributed by atoms with Crippen LogP contribution in [-0.2, 0) is 4.74 Å². The highest BCUT2D eigenvalue weighted by Crippen LogP contribution is 2.18. The van der Waals surface area contributed by atoms with Crippen LogP contribution in [0.5, 0.6) is 0 Å². The lowest BCUT2D eigenvalue weighted by Crippen LogP contribution is -2.40. The van der Waals surface area contributed by atoms with E-state index in [1.807, 2.05) is 36.1 Å². The molecule has 1 aromatic rings. The number of ether oxygens (including phenoxy) is 1. The number of amides is 1. The van der Waals surface area contributed by atoms with Crippen molar-refractivity contribution in [3.8, 4) is 0 Å². The molecule has 1 heterocycles. The molecule has 0 aromatic heterocycles. The second-order valence-corrected chi connectivity index (χ2v) is 5.51. The standard InChI is InChI=1S/C17H26N2O2/c1-4-18(3)15-8-6-14(7-9-15)17(20)19-12-10-16(11-13-19)21-5-2/h6-9,16H,4-5,10-13H2,1-3H3. The number of nitrogens with zero attached hydrogens (tertiary/aromatic N) is 2. The van der Waals surface area contributed by atoms with Crippen LogP contribution in [0.15, 0.2) is 24.3 Å². The van der Waals surface area contributed by atoms with Gasteiger partial charge in [0.1, 0.15) is 0 Å². The fourth-order valence-electron chi connectivity index (χ4n) is 2.68. The summed E-state index contributed by atoms with van der Waals surface area (Å²) < 4.78 is 5.63. The second kappa shape index (κ2) is 7.46. The van der Waals surface area contributed by atoms with Crippen LogP contribution in [0.25, 0.3) is 0 Å². The summed E-state index contributed by atoms with van der Waals surface area (Å²) in [7, 11) is 2.05. The molecule has 21 heavy (non-hydrogen) atoms. The van der Waals surface area contributed by atoms with E-state index in [2.05, 4.69) is 18.9 Å². The van der Waals surface area contributed by atoms with Crippen molar-refractivity contribution in [2.45, 2.75) is 32.8 Å². The maximum Gasteiger partial charge on any atom is 0.253 e. The summed E-state index contributed by atoms with van der Waals surface area (Å²) in [5, 5.41) is 0. The number of carbonyl (C=O) groups is 1. The van der Waals surface area contributed by atoms with Gasteiger partial charge in [-0.25, -0.2) is 0 Å². The molecule has 1 fully saturated rings. The van der Waals surface area contributed by atoms with Gasteiger partial charge < -0.3 is 14.5 Å². The Morgan fingerprint density at radius 2 is 1.86 bits per heavy atom. The van der Waals surface area contributed by atoms with E-state index < -0.39 is 0 Å². The summed E-state index contributed by atoms with van der Waals surface area (Å²) in [6.45, 7) is 7.43. The number of hydrogen-bond acceptors (Lipinski definition) is 3. The molecular weight excluding hydrogens is 264 g/mol. The van der Waals surface area contributed by atoms with Crippen LogP contribution >= 0.6 is 0 Å². The topological polar surface area (TPSA) is 32.8 Å². The van der Waals surface area contributed by atoms with Gasteiger partial charge in [-0.3, -0.25) is 4.79 Å². The lowest BCUT2D eigenvalue weighted by atomic mass is 10.1. The highest BCUT2D eigenvalue weighted by molar-refractivity contribution is 5.94. The van der Waals surface area contributed by atoms with Crippen LogP contribution in [-0.4, -0.2) is 50.2 Å². The molecule has 0 radical (unpaired) electrons. The molecule has 0 spiro atoms. The summed E-state index contributed by atoms with van der Waals surface area (Å²) in [6, 6.07) is 7.89. The number of benzene rings is 1. The zero-order valence-corrected chi connectivity index (χ0v) is 13.3. The SMILES string of the molecule is CCOC1CCN(C(=O)c2ccc(N(C)CC)cc2)CC1. The molecular formula is C17H26N2O2. The van der Waals surface area contributed by atoms with Gasteiger partial charge in [-0.2, -0.15) is 0 Å². The molecule has 0 saturated carbocycles. The summed E-state index contributed by atoms with van der Waals surface area (Å²) in [5.41, 5.74) is 1.92. The monoisotopic (exact) mass is 290 g/mol. The minimum absolute atomic E-state index is 0.135. The molecule has 2 rings (SSSR count). The number of likely N-dealkylation sites (tertiary alicyclic amines) is 1. The van der Waals surface area contributed by atoms with E-state index in [0.29, 0.717) is 6.10 Å². The predicted molar refractivity (Wildman–Crippen MR) is 85.9 cm³/mol. The molecule has 4 heteroatoms. The Hall–Kier alpha value is -1.55. The quantitative estimate of drug-likeness (QED) is 0.836. The highest BCUT2D eigenvalue weighted by atomic mass is 16.5. The average Bonchev–Trinajstić information content (AvgIpc) is 2.54. The van der Waals surface area contributed by atoms with Crippen LogP contribution in [0, 0.1) is 0 Å². The molecule has 1 amide bonds. The molecule has 0 aliphatic carbocycles. The third kappa shape index (κ3) is 3.97. The third-order valence-electron chi connectivity index (χ3n) is 4.16. The largest absolute Gasteiger partial charge is 0.378 e. The molecule has 1 aromatic carbocycles. The first-order valence-electron chi connectivity index (χ1n) is 7.87.